The van der Waals surface area contributed by atoms with Gasteiger partial charge in [0, 0.05) is 11.8 Å². The standard InChI is InChI=1S/C17H17BrFNO6S/c1-3-25-17-12(15(9-4-5-9)26-20(17)8-21)14(22)10-6-7-11(19)13(18)16(10)27(2,23)24/h6-9,15H,3-5H2,1-2H3. The average molecular weight is 462 g/mol. The van der Waals surface area contributed by atoms with Crippen LogP contribution in [0.2, 0.25) is 0 Å². The Labute approximate surface area is 164 Å². The van der Waals surface area contributed by atoms with Crippen molar-refractivity contribution in [1.29, 1.82) is 0 Å². The smallest absolute Gasteiger partial charge is 0.240 e. The summed E-state index contributed by atoms with van der Waals surface area (Å²) in [4.78, 5) is 29.7. The quantitative estimate of drug-likeness (QED) is 0.457. The number of carbonyl (C=O) groups is 2. The maximum absolute atomic E-state index is 13.9. The first-order chi connectivity index (χ1) is 12.7. The molecule has 2 aliphatic rings. The Morgan fingerprint density at radius 2 is 2.11 bits per heavy atom. The molecule has 0 saturated heterocycles. The number of ether oxygens (including phenoxy) is 1. The number of Topliss-reactive ketones (excluding diaryl/α,β-unsaturated/α-hetero) is 1. The minimum atomic E-state index is -3.93. The molecule has 1 aliphatic carbocycles. The average Bonchev–Trinajstić information content (AvgIpc) is 3.38. The van der Waals surface area contributed by atoms with Crippen LogP contribution in [0.15, 0.2) is 33.0 Å². The number of rotatable bonds is 7. The zero-order valence-electron chi connectivity index (χ0n) is 14.6. The number of hydrogen-bond acceptors (Lipinski definition) is 6. The molecule has 27 heavy (non-hydrogen) atoms. The number of amides is 1. The number of sulfone groups is 1. The Morgan fingerprint density at radius 3 is 2.63 bits per heavy atom. The number of carbonyl (C=O) groups excluding carboxylic acids is 2. The van der Waals surface area contributed by atoms with Crippen LogP contribution in [-0.2, 0) is 24.2 Å². The van der Waals surface area contributed by atoms with Gasteiger partial charge in [-0.15, -0.1) is 0 Å². The van der Waals surface area contributed by atoms with Crippen molar-refractivity contribution < 1.29 is 32.0 Å². The van der Waals surface area contributed by atoms with Gasteiger partial charge >= 0.3 is 0 Å². The van der Waals surface area contributed by atoms with E-state index in [1.54, 1.807) is 6.92 Å². The minimum Gasteiger partial charge on any atom is -0.477 e. The van der Waals surface area contributed by atoms with Crippen LogP contribution in [-0.4, -0.2) is 44.6 Å². The molecule has 7 nitrogen and oxygen atoms in total. The van der Waals surface area contributed by atoms with Crippen molar-refractivity contribution in [3.63, 3.8) is 0 Å². The van der Waals surface area contributed by atoms with Gasteiger partial charge in [-0.25, -0.2) is 12.8 Å². The Morgan fingerprint density at radius 1 is 1.44 bits per heavy atom. The number of halogens is 2. The molecule has 1 fully saturated rings. The Balaban J connectivity index is 2.20. The summed E-state index contributed by atoms with van der Waals surface area (Å²) in [5, 5.41) is 0.846. The Bertz CT molecular complexity index is 941. The van der Waals surface area contributed by atoms with E-state index in [-0.39, 0.29) is 34.0 Å². The SMILES string of the molecule is CCOC1=C(C(=O)c2ccc(F)c(Br)c2S(C)(=O)=O)C(C2CC2)ON1C=O. The maximum Gasteiger partial charge on any atom is 0.240 e. The second-order valence-corrected chi connectivity index (χ2v) is 9.03. The monoisotopic (exact) mass is 461 g/mol. The highest BCUT2D eigenvalue weighted by Crippen LogP contribution is 2.44. The lowest BCUT2D eigenvalue weighted by Crippen LogP contribution is -2.23. The van der Waals surface area contributed by atoms with E-state index in [0.29, 0.717) is 6.41 Å². The van der Waals surface area contributed by atoms with E-state index in [4.69, 9.17) is 9.57 Å². The summed E-state index contributed by atoms with van der Waals surface area (Å²) >= 11 is 2.92. The molecule has 1 aromatic carbocycles. The van der Waals surface area contributed by atoms with Gasteiger partial charge in [0.1, 0.15) is 11.9 Å². The van der Waals surface area contributed by atoms with Crippen LogP contribution >= 0.6 is 15.9 Å². The first-order valence-electron chi connectivity index (χ1n) is 8.21. The van der Waals surface area contributed by atoms with Gasteiger partial charge in [0.15, 0.2) is 15.6 Å². The second-order valence-electron chi connectivity index (χ2n) is 6.29. The summed E-state index contributed by atoms with van der Waals surface area (Å²) < 4.78 is 43.5. The first-order valence-corrected chi connectivity index (χ1v) is 10.9. The summed E-state index contributed by atoms with van der Waals surface area (Å²) in [5.74, 6) is -1.52. The Hall–Kier alpha value is -1.78. The van der Waals surface area contributed by atoms with Crippen LogP contribution < -0.4 is 0 Å². The molecule has 10 heteroatoms. The number of hydroxylamine groups is 2. The molecule has 1 saturated carbocycles. The maximum atomic E-state index is 13.9. The fraction of sp³-hybridized carbons (Fsp3) is 0.412. The van der Waals surface area contributed by atoms with Crippen molar-refractivity contribution >= 4 is 38.0 Å². The minimum absolute atomic E-state index is 0.0231. The molecule has 0 N–H and O–H groups in total. The third kappa shape index (κ3) is 3.65. The van der Waals surface area contributed by atoms with Crippen LogP contribution in [0, 0.1) is 11.7 Å². The normalized spacial score (nSPS) is 20.1. The highest BCUT2D eigenvalue weighted by molar-refractivity contribution is 9.10. The predicted molar refractivity (Wildman–Crippen MR) is 95.7 cm³/mol. The van der Waals surface area contributed by atoms with E-state index in [2.05, 4.69) is 15.9 Å². The summed E-state index contributed by atoms with van der Waals surface area (Å²) in [6.45, 7) is 1.85. The lowest BCUT2D eigenvalue weighted by Gasteiger charge is -2.14. The van der Waals surface area contributed by atoms with Crippen molar-refractivity contribution in [2.75, 3.05) is 12.9 Å². The van der Waals surface area contributed by atoms with Crippen molar-refractivity contribution in [2.24, 2.45) is 5.92 Å². The zero-order valence-corrected chi connectivity index (χ0v) is 17.0. The fourth-order valence-electron chi connectivity index (χ4n) is 2.98. The van der Waals surface area contributed by atoms with E-state index in [1.807, 2.05) is 0 Å². The van der Waals surface area contributed by atoms with Gasteiger partial charge in [-0.1, -0.05) is 0 Å². The summed E-state index contributed by atoms with van der Waals surface area (Å²) in [7, 11) is -3.93. The molecular weight excluding hydrogens is 445 g/mol. The third-order valence-corrected chi connectivity index (χ3v) is 6.48. The molecule has 1 aliphatic heterocycles. The Kier molecular flexibility index (Phi) is 5.42. The van der Waals surface area contributed by atoms with Gasteiger partial charge in [-0.3, -0.25) is 14.4 Å². The van der Waals surface area contributed by atoms with Gasteiger partial charge in [0.25, 0.3) is 0 Å². The topological polar surface area (TPSA) is 90.0 Å². The van der Waals surface area contributed by atoms with E-state index in [1.165, 1.54) is 0 Å². The molecular formula is C17H17BrFNO6S. The van der Waals surface area contributed by atoms with Crippen molar-refractivity contribution in [3.8, 4) is 0 Å². The predicted octanol–water partition coefficient (Wildman–Crippen LogP) is 2.60. The molecule has 1 aromatic rings. The lowest BCUT2D eigenvalue weighted by atomic mass is 9.97. The summed E-state index contributed by atoms with van der Waals surface area (Å²) in [6, 6.07) is 2.12. The molecule has 1 atom stereocenters. The molecule has 0 aromatic heterocycles. The highest BCUT2D eigenvalue weighted by atomic mass is 79.9. The molecule has 3 rings (SSSR count). The van der Waals surface area contributed by atoms with Crippen LogP contribution in [0.25, 0.3) is 0 Å². The van der Waals surface area contributed by atoms with E-state index in [0.717, 1.165) is 36.3 Å². The first kappa shape index (κ1) is 20.0. The second kappa shape index (κ2) is 7.33. The zero-order chi connectivity index (χ0) is 19.9. The van der Waals surface area contributed by atoms with Gasteiger partial charge < -0.3 is 4.74 Å². The van der Waals surface area contributed by atoms with E-state index < -0.39 is 32.4 Å². The van der Waals surface area contributed by atoms with Gasteiger partial charge in [-0.05, 0) is 53.7 Å². The number of benzene rings is 1. The molecule has 0 radical (unpaired) electrons. The fourth-order valence-corrected chi connectivity index (χ4v) is 5.19. The molecule has 0 bridgehead atoms. The summed E-state index contributed by atoms with van der Waals surface area (Å²) in [6.07, 6.45) is 2.17. The number of nitrogens with zero attached hydrogens (tertiary/aromatic N) is 1. The van der Waals surface area contributed by atoms with Crippen molar-refractivity contribution in [1.82, 2.24) is 5.06 Å². The van der Waals surface area contributed by atoms with Crippen LogP contribution in [0.5, 0.6) is 0 Å². The van der Waals surface area contributed by atoms with Gasteiger partial charge in [0.05, 0.1) is 21.5 Å². The van der Waals surface area contributed by atoms with Crippen molar-refractivity contribution in [3.05, 3.63) is 39.4 Å². The largest absolute Gasteiger partial charge is 0.477 e. The van der Waals surface area contributed by atoms with E-state index in [9.17, 15) is 22.4 Å². The lowest BCUT2D eigenvalue weighted by molar-refractivity contribution is -0.176. The van der Waals surface area contributed by atoms with Crippen LogP contribution in [0.3, 0.4) is 0 Å². The van der Waals surface area contributed by atoms with Crippen LogP contribution in [0.1, 0.15) is 30.1 Å². The van der Waals surface area contributed by atoms with Crippen molar-refractivity contribution in [2.45, 2.75) is 30.8 Å². The number of ketones is 1. The van der Waals surface area contributed by atoms with Gasteiger partial charge in [0.2, 0.25) is 12.3 Å². The van der Waals surface area contributed by atoms with Crippen LogP contribution in [0.4, 0.5) is 4.39 Å². The summed E-state index contributed by atoms with van der Waals surface area (Å²) in [5.41, 5.74) is -0.144. The molecule has 1 unspecified atom stereocenters. The molecule has 0 spiro atoms. The van der Waals surface area contributed by atoms with E-state index >= 15 is 0 Å². The number of hydrogen-bond donors (Lipinski definition) is 0. The molecule has 1 heterocycles. The molecule has 1 amide bonds. The molecule has 146 valence electrons. The third-order valence-electron chi connectivity index (χ3n) is 4.28. The highest BCUT2D eigenvalue weighted by Gasteiger charge is 2.47. The van der Waals surface area contributed by atoms with Gasteiger partial charge in [-0.2, -0.15) is 5.06 Å².